The molecule has 0 amide bonds. The zero-order valence-electron chi connectivity index (χ0n) is 11.6. The van der Waals surface area contributed by atoms with Crippen LogP contribution in [0.15, 0.2) is 24.3 Å². The van der Waals surface area contributed by atoms with Gasteiger partial charge < -0.3 is 14.2 Å². The van der Waals surface area contributed by atoms with Gasteiger partial charge in [0.2, 0.25) is 0 Å². The molecule has 0 fully saturated rings. The fourth-order valence-corrected chi connectivity index (χ4v) is 1.79. The fourth-order valence-electron chi connectivity index (χ4n) is 1.79. The number of nitrogens with one attached hydrogen (secondary N) is 1. The Bertz CT molecular complexity index is 395. The van der Waals surface area contributed by atoms with Gasteiger partial charge >= 0.3 is 5.97 Å². The van der Waals surface area contributed by atoms with E-state index in [1.54, 1.807) is 14.2 Å². The third-order valence-corrected chi connectivity index (χ3v) is 2.69. The molecule has 1 atom stereocenters. The first kappa shape index (κ1) is 15.6. The summed E-state index contributed by atoms with van der Waals surface area (Å²) in [6.45, 7) is 1.62. The summed E-state index contributed by atoms with van der Waals surface area (Å²) < 4.78 is 14.9. The van der Waals surface area contributed by atoms with Gasteiger partial charge in [0.05, 0.1) is 20.3 Å². The number of ether oxygens (including phenoxy) is 3. The second-order valence-electron chi connectivity index (χ2n) is 4.08. The van der Waals surface area contributed by atoms with E-state index in [2.05, 4.69) is 5.32 Å². The van der Waals surface area contributed by atoms with Crippen LogP contribution in [-0.4, -0.2) is 40.5 Å². The third-order valence-electron chi connectivity index (χ3n) is 2.69. The summed E-state index contributed by atoms with van der Waals surface area (Å²) in [6, 6.07) is 7.19. The molecule has 0 radical (unpaired) electrons. The highest BCUT2D eigenvalue weighted by Crippen LogP contribution is 2.16. The van der Waals surface area contributed by atoms with Crippen molar-refractivity contribution in [3.63, 3.8) is 0 Å². The minimum atomic E-state index is -0.489. The van der Waals surface area contributed by atoms with Crippen LogP contribution in [-0.2, 0) is 25.6 Å². The van der Waals surface area contributed by atoms with Crippen molar-refractivity contribution < 1.29 is 19.0 Å². The van der Waals surface area contributed by atoms with E-state index < -0.39 is 6.04 Å². The van der Waals surface area contributed by atoms with E-state index in [1.165, 1.54) is 7.11 Å². The van der Waals surface area contributed by atoms with Crippen molar-refractivity contribution in [2.24, 2.45) is 0 Å². The van der Waals surface area contributed by atoms with Crippen LogP contribution in [0.1, 0.15) is 17.2 Å². The SMILES string of the molecule is COCCNC(C(=O)OC)c1cccc(COC)c1. The van der Waals surface area contributed by atoms with Gasteiger partial charge in [-0.3, -0.25) is 5.32 Å². The Balaban J connectivity index is 2.83. The number of carbonyl (C=O) groups is 1. The highest BCUT2D eigenvalue weighted by atomic mass is 16.5. The van der Waals surface area contributed by atoms with Crippen LogP contribution in [0.3, 0.4) is 0 Å². The summed E-state index contributed by atoms with van der Waals surface area (Å²) in [5.41, 5.74) is 1.87. The van der Waals surface area contributed by atoms with E-state index in [-0.39, 0.29) is 5.97 Å². The second-order valence-corrected chi connectivity index (χ2v) is 4.08. The lowest BCUT2D eigenvalue weighted by Gasteiger charge is -2.17. The van der Waals surface area contributed by atoms with Crippen LogP contribution in [0, 0.1) is 0 Å². The molecule has 5 heteroatoms. The largest absolute Gasteiger partial charge is 0.468 e. The Morgan fingerprint density at radius 3 is 2.68 bits per heavy atom. The highest BCUT2D eigenvalue weighted by molar-refractivity contribution is 5.77. The summed E-state index contributed by atoms with van der Waals surface area (Å²) in [5.74, 6) is -0.314. The summed E-state index contributed by atoms with van der Waals surface area (Å²) >= 11 is 0. The first-order valence-electron chi connectivity index (χ1n) is 6.10. The summed E-state index contributed by atoms with van der Waals surface area (Å²) in [6.07, 6.45) is 0. The van der Waals surface area contributed by atoms with Crippen LogP contribution in [0.4, 0.5) is 0 Å². The topological polar surface area (TPSA) is 56.8 Å². The quantitative estimate of drug-likeness (QED) is 0.568. The lowest BCUT2D eigenvalue weighted by Crippen LogP contribution is -2.32. The molecular formula is C14H21NO4. The molecule has 0 aliphatic carbocycles. The molecule has 106 valence electrons. The minimum Gasteiger partial charge on any atom is -0.468 e. The van der Waals surface area contributed by atoms with Crippen molar-refractivity contribution >= 4 is 5.97 Å². The van der Waals surface area contributed by atoms with Crippen LogP contribution in [0.25, 0.3) is 0 Å². The van der Waals surface area contributed by atoms with Gasteiger partial charge in [-0.25, -0.2) is 4.79 Å². The van der Waals surface area contributed by atoms with Crippen LogP contribution >= 0.6 is 0 Å². The summed E-state index contributed by atoms with van der Waals surface area (Å²) in [4.78, 5) is 11.8. The molecule has 0 aliphatic heterocycles. The Morgan fingerprint density at radius 1 is 1.26 bits per heavy atom. The molecule has 1 aromatic carbocycles. The predicted molar refractivity (Wildman–Crippen MR) is 71.8 cm³/mol. The molecule has 1 unspecified atom stereocenters. The standard InChI is InChI=1S/C14H21NO4/c1-17-8-7-15-13(14(16)19-3)12-6-4-5-11(9-12)10-18-2/h4-6,9,13,15H,7-8,10H2,1-3H3. The van der Waals surface area contributed by atoms with Gasteiger partial charge in [-0.2, -0.15) is 0 Å². The number of esters is 1. The molecule has 19 heavy (non-hydrogen) atoms. The van der Waals surface area contributed by atoms with Crippen molar-refractivity contribution in [3.05, 3.63) is 35.4 Å². The van der Waals surface area contributed by atoms with E-state index >= 15 is 0 Å². The Hall–Kier alpha value is -1.43. The van der Waals surface area contributed by atoms with Crippen LogP contribution < -0.4 is 5.32 Å². The predicted octanol–water partition coefficient (Wildman–Crippen LogP) is 1.28. The molecule has 1 aromatic rings. The number of methoxy groups -OCH3 is 3. The second kappa shape index (κ2) is 8.63. The van der Waals surface area contributed by atoms with Crippen LogP contribution in [0.2, 0.25) is 0 Å². The zero-order valence-corrected chi connectivity index (χ0v) is 11.6. The normalized spacial score (nSPS) is 12.2. The molecule has 0 aliphatic rings. The smallest absolute Gasteiger partial charge is 0.327 e. The monoisotopic (exact) mass is 267 g/mol. The number of carbonyl (C=O) groups excluding carboxylic acids is 1. The number of hydrogen-bond donors (Lipinski definition) is 1. The molecule has 0 bridgehead atoms. The Morgan fingerprint density at radius 2 is 2.05 bits per heavy atom. The van der Waals surface area contributed by atoms with Gasteiger partial charge in [-0.1, -0.05) is 24.3 Å². The van der Waals surface area contributed by atoms with E-state index in [4.69, 9.17) is 14.2 Å². The van der Waals surface area contributed by atoms with Gasteiger partial charge in [0.1, 0.15) is 6.04 Å². The molecule has 0 saturated carbocycles. The molecule has 0 spiro atoms. The van der Waals surface area contributed by atoms with Crippen molar-refractivity contribution in [2.45, 2.75) is 12.6 Å². The van der Waals surface area contributed by atoms with E-state index in [0.29, 0.717) is 19.8 Å². The summed E-state index contributed by atoms with van der Waals surface area (Å²) in [7, 11) is 4.64. The van der Waals surface area contributed by atoms with Crippen molar-refractivity contribution in [1.82, 2.24) is 5.32 Å². The molecular weight excluding hydrogens is 246 g/mol. The van der Waals surface area contributed by atoms with E-state index in [0.717, 1.165) is 11.1 Å². The average Bonchev–Trinajstić information content (AvgIpc) is 2.43. The Labute approximate surface area is 113 Å². The first-order chi connectivity index (χ1) is 9.22. The number of hydrogen-bond acceptors (Lipinski definition) is 5. The van der Waals surface area contributed by atoms with Gasteiger partial charge in [0, 0.05) is 20.8 Å². The van der Waals surface area contributed by atoms with Crippen molar-refractivity contribution in [3.8, 4) is 0 Å². The average molecular weight is 267 g/mol. The molecule has 1 rings (SSSR count). The Kier molecular flexibility index (Phi) is 7.10. The third kappa shape index (κ3) is 4.98. The van der Waals surface area contributed by atoms with Gasteiger partial charge in [0.25, 0.3) is 0 Å². The molecule has 0 heterocycles. The molecule has 0 saturated heterocycles. The van der Waals surface area contributed by atoms with E-state index in [1.807, 2.05) is 24.3 Å². The van der Waals surface area contributed by atoms with Crippen molar-refractivity contribution in [1.29, 1.82) is 0 Å². The van der Waals surface area contributed by atoms with Gasteiger partial charge in [0.15, 0.2) is 0 Å². The zero-order chi connectivity index (χ0) is 14.1. The molecule has 0 aromatic heterocycles. The van der Waals surface area contributed by atoms with Gasteiger partial charge in [-0.05, 0) is 11.1 Å². The first-order valence-corrected chi connectivity index (χ1v) is 6.10. The lowest BCUT2D eigenvalue weighted by molar-refractivity contribution is -0.143. The molecule has 1 N–H and O–H groups in total. The van der Waals surface area contributed by atoms with Crippen LogP contribution in [0.5, 0.6) is 0 Å². The summed E-state index contributed by atoms with van der Waals surface area (Å²) in [5, 5.41) is 3.12. The lowest BCUT2D eigenvalue weighted by atomic mass is 10.0. The number of rotatable bonds is 8. The minimum absolute atomic E-state index is 0.314. The highest BCUT2D eigenvalue weighted by Gasteiger charge is 2.20. The van der Waals surface area contributed by atoms with E-state index in [9.17, 15) is 4.79 Å². The maximum absolute atomic E-state index is 11.8. The fraction of sp³-hybridized carbons (Fsp3) is 0.500. The van der Waals surface area contributed by atoms with Gasteiger partial charge in [-0.15, -0.1) is 0 Å². The molecule has 5 nitrogen and oxygen atoms in total. The van der Waals surface area contributed by atoms with Crippen molar-refractivity contribution in [2.75, 3.05) is 34.5 Å². The maximum Gasteiger partial charge on any atom is 0.327 e. The maximum atomic E-state index is 11.8. The number of benzene rings is 1.